The van der Waals surface area contributed by atoms with Gasteiger partial charge in [-0.1, -0.05) is 0 Å². The Hall–Kier alpha value is 1.18. The van der Waals surface area contributed by atoms with Crippen molar-refractivity contribution in [2.24, 2.45) is 0 Å². The summed E-state index contributed by atoms with van der Waals surface area (Å²) in [4.78, 5) is 0. The van der Waals surface area contributed by atoms with Gasteiger partial charge in [-0.15, -0.1) is 24.8 Å². The average molecular weight is 208 g/mol. The molecule has 2 radical (unpaired) electrons. The Morgan fingerprint density at radius 3 is 1.00 bits per heavy atom. The van der Waals surface area contributed by atoms with Crippen LogP contribution in [0.1, 0.15) is 0 Å². The van der Waals surface area contributed by atoms with E-state index in [2.05, 4.69) is 0 Å². The predicted octanol–water partition coefficient (Wildman–Crippen LogP) is 0.344. The van der Waals surface area contributed by atoms with E-state index >= 15 is 0 Å². The van der Waals surface area contributed by atoms with Crippen molar-refractivity contribution in [2.45, 2.75) is 0 Å². The molecule has 0 aliphatic heterocycles. The first-order chi connectivity index (χ1) is 1.00. The van der Waals surface area contributed by atoms with Crippen LogP contribution in [-0.4, -0.2) is 22.5 Å². The van der Waals surface area contributed by atoms with Gasteiger partial charge in [-0.2, -0.15) is 0 Å². The van der Waals surface area contributed by atoms with Crippen LogP contribution >= 0.6 is 24.8 Å². The Morgan fingerprint density at radius 2 is 1.00 bits per heavy atom. The fourth-order valence-corrected chi connectivity index (χ4v) is 0. The molecule has 0 aromatic heterocycles. The molecule has 4 heteroatoms. The molecule has 0 aromatic carbocycles. The van der Waals surface area contributed by atoms with Crippen molar-refractivity contribution >= 4 is 47.3 Å². The van der Waals surface area contributed by atoms with Gasteiger partial charge in [0.15, 0.2) is 0 Å². The van der Waals surface area contributed by atoms with Crippen molar-refractivity contribution in [3.63, 3.8) is 0 Å². The molecule has 0 saturated carbocycles. The number of halogens is 2. The molecular formula is H2Cl2OSn. The Bertz CT molecular complexity index is 6.00. The van der Waals surface area contributed by atoms with Crippen LogP contribution in [0, 0.1) is 0 Å². The van der Waals surface area contributed by atoms with Crippen molar-refractivity contribution in [1.29, 1.82) is 0 Å². The summed E-state index contributed by atoms with van der Waals surface area (Å²) >= 11 is 0.300. The molecule has 26 valence electrons. The molecule has 0 spiro atoms. The van der Waals surface area contributed by atoms with Crippen LogP contribution in [0.3, 0.4) is 0 Å². The molecule has 0 aliphatic rings. The van der Waals surface area contributed by atoms with E-state index in [0.717, 1.165) is 0 Å². The normalized spacial score (nSPS) is 1.00. The van der Waals surface area contributed by atoms with E-state index in [0.29, 0.717) is 22.5 Å². The first kappa shape index (κ1) is 19.1. The first-order valence-corrected chi connectivity index (χ1v) is 1.37. The van der Waals surface area contributed by atoms with E-state index in [1.807, 2.05) is 0 Å². The van der Waals surface area contributed by atoms with Crippen molar-refractivity contribution in [1.82, 2.24) is 0 Å². The van der Waals surface area contributed by atoms with Gasteiger partial charge in [0.05, 0.1) is 0 Å². The van der Waals surface area contributed by atoms with Gasteiger partial charge < -0.3 is 0 Å². The van der Waals surface area contributed by atoms with Crippen molar-refractivity contribution in [3.8, 4) is 0 Å². The second kappa shape index (κ2) is 30.4. The standard InChI is InChI=1S/2ClH.O.Sn/h2*1H;;. The minimum atomic E-state index is 0. The van der Waals surface area contributed by atoms with Crippen molar-refractivity contribution in [2.75, 3.05) is 0 Å². The van der Waals surface area contributed by atoms with Gasteiger partial charge in [-0.25, -0.2) is 0 Å². The van der Waals surface area contributed by atoms with Crippen LogP contribution in [0.4, 0.5) is 0 Å². The van der Waals surface area contributed by atoms with Gasteiger partial charge in [0, 0.05) is 0 Å². The van der Waals surface area contributed by atoms with E-state index in [1.165, 1.54) is 0 Å². The monoisotopic (exact) mass is 208 g/mol. The van der Waals surface area contributed by atoms with Gasteiger partial charge in [-0.3, -0.25) is 0 Å². The van der Waals surface area contributed by atoms with Crippen LogP contribution in [0.25, 0.3) is 0 Å². The molecular weight excluding hydrogens is 206 g/mol. The minimum absolute atomic E-state index is 0. The summed E-state index contributed by atoms with van der Waals surface area (Å²) in [5.41, 5.74) is 0. The number of rotatable bonds is 0. The fourth-order valence-electron chi connectivity index (χ4n) is 0. The molecule has 0 aliphatic carbocycles. The zero-order valence-corrected chi connectivity index (χ0v) is 6.21. The van der Waals surface area contributed by atoms with Crippen LogP contribution in [0.15, 0.2) is 0 Å². The Morgan fingerprint density at radius 1 is 1.00 bits per heavy atom. The van der Waals surface area contributed by atoms with E-state index in [9.17, 15) is 0 Å². The molecule has 0 bridgehead atoms. The Labute approximate surface area is 50.4 Å². The molecule has 0 N–H and O–H groups in total. The third kappa shape index (κ3) is 10.9. The Kier molecular flexibility index (Phi) is 145. The first-order valence-electron chi connectivity index (χ1n) is 0.204. The molecule has 0 aromatic rings. The quantitative estimate of drug-likeness (QED) is 0.524. The number of hydrogen-bond donors (Lipinski definition) is 0. The van der Waals surface area contributed by atoms with Crippen LogP contribution in [0.2, 0.25) is 0 Å². The zero-order valence-electron chi connectivity index (χ0n) is 1.72. The third-order valence-electron chi connectivity index (χ3n) is 0. The van der Waals surface area contributed by atoms with Crippen LogP contribution in [-0.2, 0) is 3.08 Å². The molecule has 0 saturated heterocycles. The topological polar surface area (TPSA) is 17.1 Å². The summed E-state index contributed by atoms with van der Waals surface area (Å²) in [6.07, 6.45) is 0. The second-order valence-electron chi connectivity index (χ2n) is 0. The summed E-state index contributed by atoms with van der Waals surface area (Å²) in [5.74, 6) is 0. The van der Waals surface area contributed by atoms with Gasteiger partial charge in [0.1, 0.15) is 0 Å². The maximum atomic E-state index is 8.34. The van der Waals surface area contributed by atoms with Crippen molar-refractivity contribution < 1.29 is 3.08 Å². The van der Waals surface area contributed by atoms with Crippen LogP contribution < -0.4 is 0 Å². The molecule has 0 heterocycles. The summed E-state index contributed by atoms with van der Waals surface area (Å²) in [6.45, 7) is 0. The van der Waals surface area contributed by atoms with Gasteiger partial charge in [0.2, 0.25) is 0 Å². The number of hydrogen-bond acceptors (Lipinski definition) is 1. The third-order valence-corrected chi connectivity index (χ3v) is 0. The van der Waals surface area contributed by atoms with Gasteiger partial charge >= 0.3 is 25.6 Å². The van der Waals surface area contributed by atoms with E-state index < -0.39 is 0 Å². The van der Waals surface area contributed by atoms with Crippen LogP contribution in [0.5, 0.6) is 0 Å². The van der Waals surface area contributed by atoms with E-state index in [-0.39, 0.29) is 24.8 Å². The fraction of sp³-hybridized carbons (Fsp3) is 0. The molecule has 0 atom stereocenters. The molecule has 0 unspecified atom stereocenters. The predicted molar refractivity (Wildman–Crippen MR) is 20.9 cm³/mol. The maximum absolute atomic E-state index is 8.34. The summed E-state index contributed by atoms with van der Waals surface area (Å²) in [5, 5.41) is 0. The molecule has 0 fully saturated rings. The zero-order chi connectivity index (χ0) is 2.00. The average Bonchev–Trinajstić information content (AvgIpc) is 1.00. The SMILES string of the molecule is Cl.Cl.[O]=[Sn]. The molecule has 4 heavy (non-hydrogen) atoms. The second-order valence-corrected chi connectivity index (χ2v) is 0. The Balaban J connectivity index is -0.00000000500. The summed E-state index contributed by atoms with van der Waals surface area (Å²) in [7, 11) is 0. The van der Waals surface area contributed by atoms with Gasteiger partial charge in [0.25, 0.3) is 0 Å². The van der Waals surface area contributed by atoms with Gasteiger partial charge in [-0.05, 0) is 0 Å². The molecule has 1 nitrogen and oxygen atoms in total. The van der Waals surface area contributed by atoms with E-state index in [4.69, 9.17) is 3.08 Å². The van der Waals surface area contributed by atoms with Crippen molar-refractivity contribution in [3.05, 3.63) is 0 Å². The molecule has 0 rings (SSSR count). The molecule has 0 amide bonds. The van der Waals surface area contributed by atoms with E-state index in [1.54, 1.807) is 0 Å². The summed E-state index contributed by atoms with van der Waals surface area (Å²) in [6, 6.07) is 0. The summed E-state index contributed by atoms with van der Waals surface area (Å²) < 4.78 is 8.34.